The summed E-state index contributed by atoms with van der Waals surface area (Å²) in [5, 5.41) is 9.50. The summed E-state index contributed by atoms with van der Waals surface area (Å²) in [6.45, 7) is 2.63. The van der Waals surface area contributed by atoms with Crippen LogP contribution < -0.4 is 4.90 Å². The van der Waals surface area contributed by atoms with Gasteiger partial charge in [-0.05, 0) is 42.3 Å². The van der Waals surface area contributed by atoms with Gasteiger partial charge in [0.15, 0.2) is 0 Å². The van der Waals surface area contributed by atoms with Gasteiger partial charge in [0.1, 0.15) is 0 Å². The van der Waals surface area contributed by atoms with E-state index < -0.39 is 6.10 Å². The smallest absolute Gasteiger partial charge is 0.0761 e. The number of aliphatic hydroxyl groups is 1. The van der Waals surface area contributed by atoms with Gasteiger partial charge in [-0.3, -0.25) is 0 Å². The average Bonchev–Trinajstić information content (AvgIpc) is 2.39. The Morgan fingerprint density at radius 1 is 1.16 bits per heavy atom. The molecule has 3 heteroatoms. The molecule has 0 fully saturated rings. The summed E-state index contributed by atoms with van der Waals surface area (Å²) in [7, 11) is 2.07. The van der Waals surface area contributed by atoms with E-state index in [9.17, 15) is 5.11 Å². The lowest BCUT2D eigenvalue weighted by molar-refractivity contribution is 0.199. The fourth-order valence-electron chi connectivity index (χ4n) is 2.01. The van der Waals surface area contributed by atoms with Crippen LogP contribution in [-0.4, -0.2) is 12.2 Å². The first-order chi connectivity index (χ1) is 9.06. The summed E-state index contributed by atoms with van der Waals surface area (Å²) in [6.07, 6.45) is -0.413. The van der Waals surface area contributed by atoms with Crippen LogP contribution >= 0.6 is 15.9 Å². The minimum Gasteiger partial charge on any atom is -0.389 e. The molecule has 0 spiro atoms. The normalized spacial score (nSPS) is 12.2. The Balaban J connectivity index is 2.09. The van der Waals surface area contributed by atoms with Crippen LogP contribution in [0, 0.1) is 0 Å². The van der Waals surface area contributed by atoms with Crippen molar-refractivity contribution in [1.29, 1.82) is 0 Å². The standard InChI is InChI=1S/C16H18BrNO/c1-12(19)14-6-8-16(9-7-14)18(2)11-13-4-3-5-15(17)10-13/h3-10,12,19H,11H2,1-2H3. The number of halogens is 1. The predicted octanol–water partition coefficient (Wildman–Crippen LogP) is 4.14. The number of aliphatic hydroxyl groups excluding tert-OH is 1. The molecule has 19 heavy (non-hydrogen) atoms. The lowest BCUT2D eigenvalue weighted by atomic mass is 10.1. The molecule has 0 aliphatic carbocycles. The van der Waals surface area contributed by atoms with Gasteiger partial charge >= 0.3 is 0 Å². The zero-order valence-electron chi connectivity index (χ0n) is 11.2. The highest BCUT2D eigenvalue weighted by atomic mass is 79.9. The maximum atomic E-state index is 9.50. The second-order valence-electron chi connectivity index (χ2n) is 4.75. The molecule has 2 aromatic carbocycles. The molecule has 0 heterocycles. The quantitative estimate of drug-likeness (QED) is 0.915. The Bertz CT molecular complexity index is 537. The number of benzene rings is 2. The number of rotatable bonds is 4. The van der Waals surface area contributed by atoms with Gasteiger partial charge in [-0.2, -0.15) is 0 Å². The zero-order chi connectivity index (χ0) is 13.8. The van der Waals surface area contributed by atoms with Crippen LogP contribution in [0.1, 0.15) is 24.2 Å². The molecule has 1 atom stereocenters. The van der Waals surface area contributed by atoms with Gasteiger partial charge < -0.3 is 10.0 Å². The lowest BCUT2D eigenvalue weighted by Crippen LogP contribution is -2.16. The second-order valence-corrected chi connectivity index (χ2v) is 5.67. The number of nitrogens with zero attached hydrogens (tertiary/aromatic N) is 1. The first-order valence-corrected chi connectivity index (χ1v) is 7.09. The Kier molecular flexibility index (Phi) is 4.61. The van der Waals surface area contributed by atoms with Crippen LogP contribution in [0.2, 0.25) is 0 Å². The van der Waals surface area contributed by atoms with E-state index in [1.807, 2.05) is 36.4 Å². The highest BCUT2D eigenvalue weighted by Gasteiger charge is 2.04. The first-order valence-electron chi connectivity index (χ1n) is 6.30. The summed E-state index contributed by atoms with van der Waals surface area (Å²) in [5.74, 6) is 0. The monoisotopic (exact) mass is 319 g/mol. The van der Waals surface area contributed by atoms with Gasteiger partial charge in [0, 0.05) is 23.8 Å². The van der Waals surface area contributed by atoms with E-state index in [0.29, 0.717) is 0 Å². The van der Waals surface area contributed by atoms with E-state index in [0.717, 1.165) is 22.3 Å². The van der Waals surface area contributed by atoms with E-state index in [4.69, 9.17) is 0 Å². The predicted molar refractivity (Wildman–Crippen MR) is 83.3 cm³/mol. The first kappa shape index (κ1) is 14.1. The third-order valence-electron chi connectivity index (χ3n) is 3.13. The van der Waals surface area contributed by atoms with Crippen LogP contribution in [0.4, 0.5) is 5.69 Å². The third-order valence-corrected chi connectivity index (χ3v) is 3.62. The fraction of sp³-hybridized carbons (Fsp3) is 0.250. The van der Waals surface area contributed by atoms with Gasteiger partial charge in [-0.1, -0.05) is 40.2 Å². The molecule has 0 aliphatic heterocycles. The van der Waals surface area contributed by atoms with Crippen molar-refractivity contribution in [2.75, 3.05) is 11.9 Å². The molecule has 2 nitrogen and oxygen atoms in total. The van der Waals surface area contributed by atoms with Crippen molar-refractivity contribution in [3.8, 4) is 0 Å². The Morgan fingerprint density at radius 2 is 1.84 bits per heavy atom. The third kappa shape index (κ3) is 3.82. The van der Waals surface area contributed by atoms with Crippen molar-refractivity contribution in [3.63, 3.8) is 0 Å². The van der Waals surface area contributed by atoms with E-state index in [2.05, 4.69) is 40.0 Å². The second kappa shape index (κ2) is 6.22. The van der Waals surface area contributed by atoms with Crippen molar-refractivity contribution in [2.24, 2.45) is 0 Å². The minimum atomic E-state index is -0.413. The average molecular weight is 320 g/mol. The number of anilines is 1. The van der Waals surface area contributed by atoms with Crippen LogP contribution in [-0.2, 0) is 6.54 Å². The fourth-order valence-corrected chi connectivity index (χ4v) is 2.45. The summed E-state index contributed by atoms with van der Waals surface area (Å²) >= 11 is 3.49. The van der Waals surface area contributed by atoms with Gasteiger partial charge in [0.25, 0.3) is 0 Å². The molecular weight excluding hydrogens is 302 g/mol. The molecule has 0 radical (unpaired) electrons. The molecule has 0 saturated carbocycles. The molecule has 100 valence electrons. The number of hydrogen-bond donors (Lipinski definition) is 1. The van der Waals surface area contributed by atoms with Crippen LogP contribution in [0.5, 0.6) is 0 Å². The highest BCUT2D eigenvalue weighted by molar-refractivity contribution is 9.10. The molecule has 1 unspecified atom stereocenters. The molecular formula is C16H18BrNO. The van der Waals surface area contributed by atoms with Crippen LogP contribution in [0.15, 0.2) is 53.0 Å². The molecule has 0 bridgehead atoms. The Labute approximate surface area is 122 Å². The van der Waals surface area contributed by atoms with Crippen molar-refractivity contribution < 1.29 is 5.11 Å². The van der Waals surface area contributed by atoms with Crippen molar-refractivity contribution in [2.45, 2.75) is 19.6 Å². The molecule has 0 aliphatic rings. The zero-order valence-corrected chi connectivity index (χ0v) is 12.8. The SMILES string of the molecule is CC(O)c1ccc(N(C)Cc2cccc(Br)c2)cc1. The molecule has 2 rings (SSSR count). The van der Waals surface area contributed by atoms with Gasteiger partial charge in [-0.25, -0.2) is 0 Å². The molecule has 0 saturated heterocycles. The molecule has 0 amide bonds. The van der Waals surface area contributed by atoms with E-state index in [1.165, 1.54) is 5.56 Å². The summed E-state index contributed by atoms with van der Waals surface area (Å²) in [5.41, 5.74) is 3.35. The van der Waals surface area contributed by atoms with Crippen molar-refractivity contribution in [1.82, 2.24) is 0 Å². The van der Waals surface area contributed by atoms with E-state index in [-0.39, 0.29) is 0 Å². The van der Waals surface area contributed by atoms with E-state index >= 15 is 0 Å². The van der Waals surface area contributed by atoms with Crippen LogP contribution in [0.25, 0.3) is 0 Å². The van der Waals surface area contributed by atoms with Crippen molar-refractivity contribution in [3.05, 3.63) is 64.1 Å². The van der Waals surface area contributed by atoms with E-state index in [1.54, 1.807) is 6.92 Å². The van der Waals surface area contributed by atoms with Crippen molar-refractivity contribution >= 4 is 21.6 Å². The summed E-state index contributed by atoms with van der Waals surface area (Å²) < 4.78 is 1.10. The topological polar surface area (TPSA) is 23.5 Å². The lowest BCUT2D eigenvalue weighted by Gasteiger charge is -2.20. The minimum absolute atomic E-state index is 0.413. The number of hydrogen-bond acceptors (Lipinski definition) is 2. The summed E-state index contributed by atoms with van der Waals surface area (Å²) in [4.78, 5) is 2.19. The Hall–Kier alpha value is -1.32. The largest absolute Gasteiger partial charge is 0.389 e. The van der Waals surface area contributed by atoms with Gasteiger partial charge in [0.2, 0.25) is 0 Å². The Morgan fingerprint density at radius 3 is 2.42 bits per heavy atom. The molecule has 2 aromatic rings. The molecule has 0 aromatic heterocycles. The highest BCUT2D eigenvalue weighted by Crippen LogP contribution is 2.20. The van der Waals surface area contributed by atoms with Gasteiger partial charge in [0.05, 0.1) is 6.10 Å². The summed E-state index contributed by atoms with van der Waals surface area (Å²) in [6, 6.07) is 16.3. The maximum Gasteiger partial charge on any atom is 0.0761 e. The van der Waals surface area contributed by atoms with Crippen LogP contribution in [0.3, 0.4) is 0 Å². The maximum absolute atomic E-state index is 9.50. The van der Waals surface area contributed by atoms with Gasteiger partial charge in [-0.15, -0.1) is 0 Å². The molecule has 1 N–H and O–H groups in total.